The maximum atomic E-state index is 14.3. The number of fused-ring (bicyclic) bond motifs is 4. The number of carbonyl (C=O) groups is 1. The Morgan fingerprint density at radius 3 is 2.97 bits per heavy atom. The van der Waals surface area contributed by atoms with E-state index in [1.54, 1.807) is 6.07 Å². The van der Waals surface area contributed by atoms with Gasteiger partial charge in [0.15, 0.2) is 0 Å². The molecule has 1 N–H and O–H groups in total. The molecule has 0 aromatic carbocycles. The summed E-state index contributed by atoms with van der Waals surface area (Å²) in [6.45, 7) is 4.30. The summed E-state index contributed by atoms with van der Waals surface area (Å²) in [7, 11) is 0. The minimum absolute atomic E-state index is 0.0130. The van der Waals surface area contributed by atoms with Gasteiger partial charge in [0.05, 0.1) is 23.4 Å². The number of aliphatic hydroxyl groups excluding tert-OH is 1. The average molecular weight is 436 g/mol. The summed E-state index contributed by atoms with van der Waals surface area (Å²) in [6.07, 6.45) is 13.4. The predicted octanol–water partition coefficient (Wildman–Crippen LogP) is 3.66. The van der Waals surface area contributed by atoms with Crippen LogP contribution >= 0.6 is 0 Å². The lowest BCUT2D eigenvalue weighted by atomic mass is 9.60. The van der Waals surface area contributed by atoms with Crippen molar-refractivity contribution in [2.45, 2.75) is 57.6 Å². The Hall–Kier alpha value is -2.05. The molecular weight excluding hydrogens is 405 g/mol. The number of hydrogen-bond acceptors (Lipinski definition) is 4. The molecule has 1 aromatic rings. The molecule has 32 heavy (non-hydrogen) atoms. The highest BCUT2D eigenvalue weighted by Gasteiger charge is 2.77. The molecule has 5 nitrogen and oxygen atoms in total. The zero-order valence-electron chi connectivity index (χ0n) is 18.5. The van der Waals surface area contributed by atoms with Gasteiger partial charge >= 0.3 is 0 Å². The van der Waals surface area contributed by atoms with Gasteiger partial charge in [0.25, 0.3) is 0 Å². The minimum Gasteiger partial charge on any atom is -0.393 e. The molecule has 1 unspecified atom stereocenters. The Labute approximate surface area is 188 Å². The van der Waals surface area contributed by atoms with Crippen molar-refractivity contribution in [3.05, 3.63) is 48.2 Å². The highest BCUT2D eigenvalue weighted by molar-refractivity contribution is 6.05. The van der Waals surface area contributed by atoms with Crippen LogP contribution in [0.15, 0.2) is 42.3 Å². The van der Waals surface area contributed by atoms with E-state index in [0.717, 1.165) is 57.3 Å². The molecule has 7 rings (SSSR count). The van der Waals surface area contributed by atoms with Crippen molar-refractivity contribution < 1.29 is 14.3 Å². The van der Waals surface area contributed by atoms with Crippen molar-refractivity contribution in [1.82, 2.24) is 9.88 Å². The van der Waals surface area contributed by atoms with E-state index in [0.29, 0.717) is 11.6 Å². The van der Waals surface area contributed by atoms with E-state index in [1.165, 1.54) is 12.3 Å². The van der Waals surface area contributed by atoms with E-state index in [9.17, 15) is 14.3 Å². The van der Waals surface area contributed by atoms with E-state index < -0.39 is 11.4 Å². The minimum atomic E-state index is -0.530. The molecule has 7 atom stereocenters. The molecule has 168 valence electrons. The van der Waals surface area contributed by atoms with Crippen LogP contribution in [-0.2, 0) is 4.79 Å². The van der Waals surface area contributed by atoms with E-state index in [-0.39, 0.29) is 34.8 Å². The first-order valence-corrected chi connectivity index (χ1v) is 12.2. The number of amides is 1. The first-order valence-electron chi connectivity index (χ1n) is 12.2. The molecule has 4 heterocycles. The quantitative estimate of drug-likeness (QED) is 0.684. The van der Waals surface area contributed by atoms with Gasteiger partial charge in [0, 0.05) is 29.6 Å². The van der Waals surface area contributed by atoms with Crippen molar-refractivity contribution in [3.63, 3.8) is 0 Å². The zero-order valence-corrected chi connectivity index (χ0v) is 18.5. The number of piperidine rings is 1. The van der Waals surface area contributed by atoms with Crippen molar-refractivity contribution in [3.8, 4) is 0 Å². The van der Waals surface area contributed by atoms with E-state index in [2.05, 4.69) is 29.0 Å². The van der Waals surface area contributed by atoms with Crippen LogP contribution < -0.4 is 4.90 Å². The Kier molecular flexibility index (Phi) is 3.69. The number of carbonyl (C=O) groups excluding carboxylic acids is 1. The zero-order chi connectivity index (χ0) is 21.9. The molecule has 3 aliphatic carbocycles. The summed E-state index contributed by atoms with van der Waals surface area (Å²) in [5.41, 5.74) is 1.45. The molecule has 0 bridgehead atoms. The predicted molar refractivity (Wildman–Crippen MR) is 118 cm³/mol. The molecule has 3 aliphatic heterocycles. The van der Waals surface area contributed by atoms with Crippen molar-refractivity contribution in [1.29, 1.82) is 0 Å². The summed E-state index contributed by atoms with van der Waals surface area (Å²) in [5, 5.41) is 10.8. The second-order valence-electron chi connectivity index (χ2n) is 11.3. The van der Waals surface area contributed by atoms with Crippen LogP contribution in [0.3, 0.4) is 0 Å². The summed E-state index contributed by atoms with van der Waals surface area (Å²) < 4.78 is 13.5. The SMILES string of the molecule is C[C@@]12C[C@@]13C[C@@H]1N(CC[C@@]14C(=O)N(c1ccc(F)nc1)C1=CC=CCC14)C[C@@H]3CC[C@@H]2O. The third kappa shape index (κ3) is 2.12. The van der Waals surface area contributed by atoms with E-state index in [4.69, 9.17) is 0 Å². The second-order valence-corrected chi connectivity index (χ2v) is 11.3. The van der Waals surface area contributed by atoms with Gasteiger partial charge < -0.3 is 5.11 Å². The largest absolute Gasteiger partial charge is 0.393 e. The standard InChI is InChI=1S/C26H30FN3O2/c1-24-15-25(24)12-20-26(10-11-29(20)14-16(25)6-8-21(24)31)18-4-2-3-5-19(18)30(23(26)32)17-7-9-22(27)28-13-17/h2-3,5,7,9,13,16,18,20-21,31H,4,6,8,10-12,14-15H2,1H3/t16-,18?,20-,21-,24-,25+,26-/m0/s1. The maximum absolute atomic E-state index is 14.3. The molecule has 2 spiro atoms. The molecule has 3 saturated heterocycles. The molecule has 1 aromatic heterocycles. The third-order valence-electron chi connectivity index (χ3n) is 10.4. The van der Waals surface area contributed by atoms with E-state index >= 15 is 0 Å². The monoisotopic (exact) mass is 435 g/mol. The number of aromatic nitrogens is 1. The summed E-state index contributed by atoms with van der Waals surface area (Å²) in [4.78, 5) is 22.6. The number of allylic oxidation sites excluding steroid dienone is 4. The molecule has 6 heteroatoms. The topological polar surface area (TPSA) is 56.7 Å². The number of nitrogens with zero attached hydrogens (tertiary/aromatic N) is 3. The Bertz CT molecular complexity index is 1070. The van der Waals surface area contributed by atoms with Gasteiger partial charge in [-0.25, -0.2) is 4.98 Å². The van der Waals surface area contributed by atoms with Gasteiger partial charge in [0.2, 0.25) is 11.9 Å². The normalized spacial score (nSPS) is 46.5. The maximum Gasteiger partial charge on any atom is 0.239 e. The van der Waals surface area contributed by atoms with Crippen LogP contribution in [0, 0.1) is 34.0 Å². The fraction of sp³-hybridized carbons (Fsp3) is 0.615. The van der Waals surface area contributed by atoms with Gasteiger partial charge in [-0.3, -0.25) is 14.6 Å². The Morgan fingerprint density at radius 2 is 2.16 bits per heavy atom. The molecule has 2 saturated carbocycles. The molecule has 5 fully saturated rings. The highest BCUT2D eigenvalue weighted by Crippen LogP contribution is 2.78. The van der Waals surface area contributed by atoms with Gasteiger partial charge in [-0.1, -0.05) is 19.1 Å². The lowest BCUT2D eigenvalue weighted by Gasteiger charge is -2.51. The number of halogens is 1. The van der Waals surface area contributed by atoms with Gasteiger partial charge in [-0.2, -0.15) is 4.39 Å². The first-order chi connectivity index (χ1) is 15.4. The Balaban J connectivity index is 1.31. The number of anilines is 1. The van der Waals surface area contributed by atoms with Gasteiger partial charge in [-0.15, -0.1) is 0 Å². The van der Waals surface area contributed by atoms with Crippen molar-refractivity contribution >= 4 is 11.6 Å². The van der Waals surface area contributed by atoms with Crippen LogP contribution in [0.1, 0.15) is 45.4 Å². The fourth-order valence-electron chi connectivity index (χ4n) is 8.72. The lowest BCUT2D eigenvalue weighted by molar-refractivity contribution is -0.131. The molecular formula is C26H30FN3O2. The lowest BCUT2D eigenvalue weighted by Crippen LogP contribution is -2.56. The molecule has 0 radical (unpaired) electrons. The molecule has 1 amide bonds. The molecule has 6 aliphatic rings. The van der Waals surface area contributed by atoms with Crippen molar-refractivity contribution in [2.75, 3.05) is 18.0 Å². The third-order valence-corrected chi connectivity index (χ3v) is 10.4. The first kappa shape index (κ1) is 19.4. The van der Waals surface area contributed by atoms with Crippen LogP contribution in [0.4, 0.5) is 10.1 Å². The summed E-state index contributed by atoms with van der Waals surface area (Å²) in [6, 6.07) is 3.22. The summed E-state index contributed by atoms with van der Waals surface area (Å²) in [5.74, 6) is 0.411. The number of pyridine rings is 1. The van der Waals surface area contributed by atoms with Crippen molar-refractivity contribution in [2.24, 2.45) is 28.1 Å². The summed E-state index contributed by atoms with van der Waals surface area (Å²) >= 11 is 0. The Morgan fingerprint density at radius 1 is 1.28 bits per heavy atom. The van der Waals surface area contributed by atoms with Gasteiger partial charge in [-0.05, 0) is 74.6 Å². The smallest absolute Gasteiger partial charge is 0.239 e. The number of aliphatic hydroxyl groups is 1. The van der Waals surface area contributed by atoms with Crippen LogP contribution in [-0.4, -0.2) is 46.1 Å². The van der Waals surface area contributed by atoms with Gasteiger partial charge in [0.1, 0.15) is 0 Å². The van der Waals surface area contributed by atoms with Crippen LogP contribution in [0.25, 0.3) is 0 Å². The fourth-order valence-corrected chi connectivity index (χ4v) is 8.72. The van der Waals surface area contributed by atoms with Crippen LogP contribution in [0.2, 0.25) is 0 Å². The van der Waals surface area contributed by atoms with E-state index in [1.807, 2.05) is 11.0 Å². The number of hydrogen-bond donors (Lipinski definition) is 1. The number of rotatable bonds is 1. The second kappa shape index (κ2) is 6.09. The highest BCUT2D eigenvalue weighted by atomic mass is 19.1. The van der Waals surface area contributed by atoms with Crippen LogP contribution in [0.5, 0.6) is 0 Å². The average Bonchev–Trinajstić information content (AvgIpc) is 3.14.